The lowest BCUT2D eigenvalue weighted by molar-refractivity contribution is 0.535. The van der Waals surface area contributed by atoms with E-state index < -0.39 is 11.1 Å². The summed E-state index contributed by atoms with van der Waals surface area (Å²) >= 11 is 3.30. The summed E-state index contributed by atoms with van der Waals surface area (Å²) in [6.07, 6.45) is 0. The van der Waals surface area contributed by atoms with Gasteiger partial charge in [0.1, 0.15) is 0 Å². The van der Waals surface area contributed by atoms with E-state index in [2.05, 4.69) is 10.2 Å². The number of hydrogen-bond acceptors (Lipinski definition) is 4. The van der Waals surface area contributed by atoms with Crippen molar-refractivity contribution < 1.29 is 8.76 Å². The van der Waals surface area contributed by atoms with E-state index in [1.165, 1.54) is 12.1 Å². The molecule has 0 N–H and O–H groups in total. The van der Waals surface area contributed by atoms with Crippen LogP contribution in [-0.4, -0.2) is 19.0 Å². The van der Waals surface area contributed by atoms with E-state index in [4.69, 9.17) is 11.6 Å². The molecule has 0 aliphatic heterocycles. The van der Waals surface area contributed by atoms with Gasteiger partial charge in [-0.3, -0.25) is 4.21 Å². The molecule has 0 bridgehead atoms. The first-order valence-corrected chi connectivity index (χ1v) is 4.34. The van der Waals surface area contributed by atoms with Crippen molar-refractivity contribution in [2.24, 2.45) is 0 Å². The summed E-state index contributed by atoms with van der Waals surface area (Å²) < 4.78 is 20.3. The Kier molecular flexibility index (Phi) is 2.92. The molecule has 0 spiro atoms. The zero-order chi connectivity index (χ0) is 8.27. The summed E-state index contributed by atoms with van der Waals surface area (Å²) in [5.41, 5.74) is 0.391. The van der Waals surface area contributed by atoms with Gasteiger partial charge in [0.15, 0.2) is 5.15 Å². The van der Waals surface area contributed by atoms with Crippen LogP contribution in [-0.2, 0) is 16.8 Å². The van der Waals surface area contributed by atoms with Crippen LogP contribution in [0.4, 0.5) is 0 Å². The smallest absolute Gasteiger partial charge is 0.151 e. The lowest BCUT2D eigenvalue weighted by Gasteiger charge is -2.01. The van der Waals surface area contributed by atoms with Crippen molar-refractivity contribution in [3.05, 3.63) is 23.0 Å². The van der Waals surface area contributed by atoms with Gasteiger partial charge in [-0.05, 0) is 23.2 Å². The van der Waals surface area contributed by atoms with Gasteiger partial charge in [-0.15, -0.1) is 5.10 Å². The molecule has 0 saturated carbocycles. The van der Waals surface area contributed by atoms with E-state index in [9.17, 15) is 8.76 Å². The molecule has 0 amide bonds. The third-order valence-corrected chi connectivity index (χ3v) is 1.69. The van der Waals surface area contributed by atoms with Crippen LogP contribution in [0.25, 0.3) is 0 Å². The van der Waals surface area contributed by atoms with E-state index in [-0.39, 0.29) is 10.9 Å². The number of nitrogens with zero attached hydrogens (tertiary/aromatic N) is 2. The number of rotatable bonds is 2. The van der Waals surface area contributed by atoms with Gasteiger partial charge in [0.2, 0.25) is 0 Å². The largest absolute Gasteiger partial charge is 0.772 e. The van der Waals surface area contributed by atoms with E-state index in [1.807, 2.05) is 0 Å². The van der Waals surface area contributed by atoms with Crippen LogP contribution in [0.2, 0.25) is 5.15 Å². The molecule has 0 saturated heterocycles. The van der Waals surface area contributed by atoms with Crippen LogP contribution in [0.5, 0.6) is 0 Å². The Morgan fingerprint density at radius 3 is 2.73 bits per heavy atom. The molecule has 1 unspecified atom stereocenters. The Bertz CT molecular complexity index is 264. The average Bonchev–Trinajstić information content (AvgIpc) is 1.93. The number of aromatic nitrogens is 2. The molecule has 1 atom stereocenters. The predicted molar refractivity (Wildman–Crippen MR) is 39.7 cm³/mol. The molecule has 6 heteroatoms. The Hall–Kier alpha value is -0.520. The SMILES string of the molecule is O=S([O-])Cc1ccc(Cl)nn1. The molecule has 60 valence electrons. The molecule has 0 aliphatic carbocycles. The van der Waals surface area contributed by atoms with Crippen molar-refractivity contribution in [3.8, 4) is 0 Å². The van der Waals surface area contributed by atoms with Crippen LogP contribution in [0, 0.1) is 0 Å². The van der Waals surface area contributed by atoms with Crippen molar-refractivity contribution in [1.29, 1.82) is 0 Å². The van der Waals surface area contributed by atoms with E-state index in [0.29, 0.717) is 5.69 Å². The fourth-order valence-corrected chi connectivity index (χ4v) is 1.04. The summed E-state index contributed by atoms with van der Waals surface area (Å²) in [5, 5.41) is 7.27. The summed E-state index contributed by atoms with van der Waals surface area (Å²) in [6.45, 7) is 0. The highest BCUT2D eigenvalue weighted by Gasteiger charge is 1.94. The lowest BCUT2D eigenvalue weighted by Crippen LogP contribution is -1.97. The van der Waals surface area contributed by atoms with Crippen LogP contribution in [0.1, 0.15) is 5.69 Å². The first-order chi connectivity index (χ1) is 5.18. The molecule has 4 nitrogen and oxygen atoms in total. The van der Waals surface area contributed by atoms with Crippen LogP contribution in [0.15, 0.2) is 12.1 Å². The Balaban J connectivity index is 2.74. The maximum absolute atomic E-state index is 10.2. The molecule has 11 heavy (non-hydrogen) atoms. The van der Waals surface area contributed by atoms with Gasteiger partial charge in [-0.25, -0.2) is 0 Å². The number of hydrogen-bond donors (Lipinski definition) is 0. The Labute approximate surface area is 70.9 Å². The minimum absolute atomic E-state index is 0.121. The maximum Gasteiger partial charge on any atom is 0.151 e. The maximum atomic E-state index is 10.2. The fraction of sp³-hybridized carbons (Fsp3) is 0.200. The van der Waals surface area contributed by atoms with Gasteiger partial charge in [-0.2, -0.15) is 5.10 Å². The summed E-state index contributed by atoms with van der Waals surface area (Å²) in [7, 11) is 0. The quantitative estimate of drug-likeness (QED) is 0.639. The number of halogens is 1. The van der Waals surface area contributed by atoms with Crippen LogP contribution in [0.3, 0.4) is 0 Å². The van der Waals surface area contributed by atoms with Crippen LogP contribution < -0.4 is 0 Å². The zero-order valence-corrected chi connectivity index (χ0v) is 6.93. The molecule has 1 heterocycles. The topological polar surface area (TPSA) is 65.9 Å². The Morgan fingerprint density at radius 2 is 2.27 bits per heavy atom. The van der Waals surface area contributed by atoms with Gasteiger partial charge in [-0.1, -0.05) is 11.6 Å². The van der Waals surface area contributed by atoms with E-state index in [1.54, 1.807) is 0 Å². The molecule has 1 aromatic heterocycles. The average molecular weight is 192 g/mol. The van der Waals surface area contributed by atoms with Crippen molar-refractivity contribution in [2.75, 3.05) is 0 Å². The van der Waals surface area contributed by atoms with Gasteiger partial charge in [0.05, 0.1) is 11.4 Å². The molecular weight excluding hydrogens is 188 g/mol. The molecule has 1 rings (SSSR count). The highest BCUT2D eigenvalue weighted by atomic mass is 35.5. The summed E-state index contributed by atoms with van der Waals surface area (Å²) in [6, 6.07) is 3.02. The fourth-order valence-electron chi connectivity index (χ4n) is 0.541. The first kappa shape index (κ1) is 8.58. The van der Waals surface area contributed by atoms with Crippen molar-refractivity contribution in [3.63, 3.8) is 0 Å². The summed E-state index contributed by atoms with van der Waals surface area (Å²) in [5.74, 6) is -0.121. The molecule has 0 radical (unpaired) electrons. The van der Waals surface area contributed by atoms with Gasteiger partial charge >= 0.3 is 0 Å². The van der Waals surface area contributed by atoms with Crippen molar-refractivity contribution >= 4 is 22.7 Å². The van der Waals surface area contributed by atoms with Gasteiger partial charge in [0.25, 0.3) is 0 Å². The van der Waals surface area contributed by atoms with Gasteiger partial charge < -0.3 is 4.55 Å². The Morgan fingerprint density at radius 1 is 1.55 bits per heavy atom. The second kappa shape index (κ2) is 3.75. The summed E-state index contributed by atoms with van der Waals surface area (Å²) in [4.78, 5) is 0. The second-order valence-electron chi connectivity index (χ2n) is 1.80. The monoisotopic (exact) mass is 191 g/mol. The molecular formula is C5H4ClN2O2S-. The molecule has 0 aromatic carbocycles. The lowest BCUT2D eigenvalue weighted by atomic mass is 10.4. The van der Waals surface area contributed by atoms with E-state index in [0.717, 1.165) is 0 Å². The normalized spacial score (nSPS) is 12.9. The molecule has 0 fully saturated rings. The predicted octanol–water partition coefficient (Wildman–Crippen LogP) is 0.509. The first-order valence-electron chi connectivity index (χ1n) is 2.72. The van der Waals surface area contributed by atoms with Crippen molar-refractivity contribution in [1.82, 2.24) is 10.2 Å². The highest BCUT2D eigenvalue weighted by molar-refractivity contribution is 7.78. The zero-order valence-electron chi connectivity index (χ0n) is 5.36. The van der Waals surface area contributed by atoms with Crippen molar-refractivity contribution in [2.45, 2.75) is 5.75 Å². The molecule has 1 aromatic rings. The van der Waals surface area contributed by atoms with E-state index >= 15 is 0 Å². The van der Waals surface area contributed by atoms with Crippen LogP contribution >= 0.6 is 11.6 Å². The third kappa shape index (κ3) is 2.92. The minimum atomic E-state index is -2.12. The third-order valence-electron chi connectivity index (χ3n) is 0.953. The minimum Gasteiger partial charge on any atom is -0.772 e. The standard InChI is InChI=1S/C5H5ClN2O2S/c6-5-2-1-4(7-8-5)3-11(9)10/h1-2H,3H2,(H,9,10)/p-1. The molecule has 0 aliphatic rings. The second-order valence-corrected chi connectivity index (χ2v) is 3.08. The van der Waals surface area contributed by atoms with Gasteiger partial charge in [0, 0.05) is 0 Å². The highest BCUT2D eigenvalue weighted by Crippen LogP contribution is 2.02.